The van der Waals surface area contributed by atoms with Gasteiger partial charge in [-0.05, 0) is 65.7 Å². The van der Waals surface area contributed by atoms with Gasteiger partial charge >= 0.3 is 0 Å². The lowest BCUT2D eigenvalue weighted by atomic mass is 10.1. The number of rotatable bonds is 7. The molecule has 5 rings (SSSR count). The molecule has 0 unspecified atom stereocenters. The first kappa shape index (κ1) is 22.6. The molecule has 9 nitrogen and oxygen atoms in total. The Morgan fingerprint density at radius 1 is 0.857 bits per heavy atom. The number of benzene rings is 3. The second-order valence-corrected chi connectivity index (χ2v) is 8.69. The highest BCUT2D eigenvalue weighted by Gasteiger charge is 2.15. The zero-order valence-corrected chi connectivity index (χ0v) is 20.6. The summed E-state index contributed by atoms with van der Waals surface area (Å²) in [6.07, 6.45) is 1.65. The van der Waals surface area contributed by atoms with Crippen molar-refractivity contribution in [2.45, 2.75) is 13.8 Å². The number of hydrogen-bond acceptors (Lipinski definition) is 9. The number of aryl methyl sites for hydroxylation is 2. The molecule has 176 valence electrons. The van der Waals surface area contributed by atoms with Crippen molar-refractivity contribution in [3.63, 3.8) is 0 Å². The van der Waals surface area contributed by atoms with E-state index in [4.69, 9.17) is 9.47 Å². The molecule has 0 spiro atoms. The minimum absolute atomic E-state index is 0.207. The van der Waals surface area contributed by atoms with Crippen molar-refractivity contribution in [2.75, 3.05) is 22.9 Å². The van der Waals surface area contributed by atoms with E-state index in [0.29, 0.717) is 23.4 Å². The van der Waals surface area contributed by atoms with Crippen LogP contribution in [0.1, 0.15) is 16.7 Å². The molecule has 0 saturated carbocycles. The molecule has 0 radical (unpaired) electrons. The molecule has 0 aliphatic carbocycles. The molecule has 3 aromatic carbocycles. The maximum atomic E-state index is 5.45. The molecule has 1 aromatic heterocycles. The molecule has 0 saturated heterocycles. The molecule has 35 heavy (non-hydrogen) atoms. The van der Waals surface area contributed by atoms with Crippen molar-refractivity contribution in [3.8, 4) is 11.5 Å². The Balaban J connectivity index is 1.41. The topological polar surface area (TPSA) is 106 Å². The van der Waals surface area contributed by atoms with Gasteiger partial charge in [0.1, 0.15) is 0 Å². The van der Waals surface area contributed by atoms with Gasteiger partial charge in [0.25, 0.3) is 0 Å². The Bertz CT molecular complexity index is 1400. The van der Waals surface area contributed by atoms with Crippen molar-refractivity contribution >= 4 is 51.4 Å². The second kappa shape index (κ2) is 9.98. The predicted molar refractivity (Wildman–Crippen MR) is 140 cm³/mol. The summed E-state index contributed by atoms with van der Waals surface area (Å²) in [5, 5.41) is 10.8. The maximum absolute atomic E-state index is 5.45. The van der Waals surface area contributed by atoms with Crippen LogP contribution in [-0.4, -0.2) is 28.0 Å². The van der Waals surface area contributed by atoms with Crippen LogP contribution in [0.5, 0.6) is 11.5 Å². The largest absolute Gasteiger partial charge is 0.454 e. The summed E-state index contributed by atoms with van der Waals surface area (Å²) in [6.45, 7) is 4.30. The second-order valence-electron chi connectivity index (χ2n) is 7.84. The van der Waals surface area contributed by atoms with Crippen LogP contribution < -0.4 is 25.5 Å². The van der Waals surface area contributed by atoms with Gasteiger partial charge in [-0.15, -0.1) is 0 Å². The predicted octanol–water partition coefficient (Wildman–Crippen LogP) is 5.91. The normalized spacial score (nSPS) is 12.1. The lowest BCUT2D eigenvalue weighted by Crippen LogP contribution is -2.07. The fraction of sp³-hybridized carbons (Fsp3) is 0.120. The minimum atomic E-state index is 0.207. The number of nitrogens with one attached hydrogen (secondary N) is 3. The first-order chi connectivity index (χ1) is 17.0. The first-order valence-corrected chi connectivity index (χ1v) is 11.6. The number of aromatic nitrogens is 3. The van der Waals surface area contributed by atoms with Gasteiger partial charge < -0.3 is 20.1 Å². The number of para-hydroxylation sites is 1. The summed E-state index contributed by atoms with van der Waals surface area (Å²) in [7, 11) is 0. The van der Waals surface area contributed by atoms with E-state index in [9.17, 15) is 0 Å². The summed E-state index contributed by atoms with van der Waals surface area (Å²) < 4.78 is 11.7. The average molecular weight is 532 g/mol. The molecule has 1 aliphatic rings. The van der Waals surface area contributed by atoms with E-state index in [1.165, 1.54) is 5.56 Å². The summed E-state index contributed by atoms with van der Waals surface area (Å²) in [4.78, 5) is 13.5. The minimum Gasteiger partial charge on any atom is -0.454 e. The number of hydrogen-bond donors (Lipinski definition) is 3. The van der Waals surface area contributed by atoms with Gasteiger partial charge in [0.2, 0.25) is 24.6 Å². The molecule has 10 heteroatoms. The molecular formula is C25H22BrN7O2. The molecule has 4 aromatic rings. The van der Waals surface area contributed by atoms with Crippen molar-refractivity contribution in [2.24, 2.45) is 5.10 Å². The van der Waals surface area contributed by atoms with Gasteiger partial charge in [0.05, 0.1) is 6.21 Å². The first-order valence-electron chi connectivity index (χ1n) is 10.8. The number of anilines is 5. The smallest absolute Gasteiger partial charge is 0.250 e. The summed E-state index contributed by atoms with van der Waals surface area (Å²) in [6, 6.07) is 19.5. The number of nitrogens with zero attached hydrogens (tertiary/aromatic N) is 4. The van der Waals surface area contributed by atoms with Gasteiger partial charge in [-0.25, -0.2) is 5.43 Å². The van der Waals surface area contributed by atoms with Crippen LogP contribution in [0, 0.1) is 13.8 Å². The summed E-state index contributed by atoms with van der Waals surface area (Å²) in [5.74, 6) is 2.40. The third-order valence-corrected chi connectivity index (χ3v) is 5.84. The quantitative estimate of drug-likeness (QED) is 0.199. The van der Waals surface area contributed by atoms with Crippen LogP contribution in [-0.2, 0) is 0 Å². The Morgan fingerprint density at radius 3 is 2.34 bits per heavy atom. The van der Waals surface area contributed by atoms with Gasteiger partial charge in [0, 0.05) is 21.4 Å². The molecule has 0 fully saturated rings. The number of halogens is 1. The van der Waals surface area contributed by atoms with Crippen LogP contribution in [0.2, 0.25) is 0 Å². The highest BCUT2D eigenvalue weighted by atomic mass is 79.9. The third kappa shape index (κ3) is 5.49. The Hall–Kier alpha value is -4.18. The fourth-order valence-electron chi connectivity index (χ4n) is 3.45. The van der Waals surface area contributed by atoms with E-state index < -0.39 is 0 Å². The Labute approximate surface area is 210 Å². The van der Waals surface area contributed by atoms with Crippen LogP contribution in [0.25, 0.3) is 0 Å². The third-order valence-electron chi connectivity index (χ3n) is 5.15. The van der Waals surface area contributed by atoms with E-state index in [0.717, 1.165) is 27.0 Å². The zero-order valence-electron chi connectivity index (χ0n) is 19.0. The Kier molecular flexibility index (Phi) is 6.44. The van der Waals surface area contributed by atoms with Gasteiger partial charge in [-0.2, -0.15) is 20.1 Å². The molecular weight excluding hydrogens is 510 g/mol. The molecule has 3 N–H and O–H groups in total. The van der Waals surface area contributed by atoms with E-state index >= 15 is 0 Å². The van der Waals surface area contributed by atoms with Crippen molar-refractivity contribution in [1.82, 2.24) is 15.0 Å². The van der Waals surface area contributed by atoms with Crippen LogP contribution >= 0.6 is 15.9 Å². The van der Waals surface area contributed by atoms with E-state index in [1.807, 2.05) is 61.5 Å². The lowest BCUT2D eigenvalue weighted by molar-refractivity contribution is 0.174. The molecule has 2 heterocycles. The summed E-state index contributed by atoms with van der Waals surface area (Å²) >= 11 is 3.53. The van der Waals surface area contributed by atoms with Gasteiger partial charge in [-0.1, -0.05) is 35.9 Å². The van der Waals surface area contributed by atoms with Gasteiger partial charge in [0.15, 0.2) is 11.5 Å². The van der Waals surface area contributed by atoms with Crippen molar-refractivity contribution in [3.05, 3.63) is 81.8 Å². The van der Waals surface area contributed by atoms with Crippen LogP contribution in [0.3, 0.4) is 0 Å². The zero-order chi connectivity index (χ0) is 24.2. The highest BCUT2D eigenvalue weighted by Crippen LogP contribution is 2.36. The molecule has 0 bridgehead atoms. The lowest BCUT2D eigenvalue weighted by Gasteiger charge is -2.12. The standard InChI is InChI=1S/C25H22BrN7O2/c1-15-8-9-20(16(2)10-15)29-24-30-23(28-18-6-4-3-5-7-18)31-25(32-24)33-27-13-17-11-21-22(12-19(17)26)35-14-34-21/h3-13H,14H2,1-2H3,(H3,28,29,30,31,32,33)/b27-13+. The number of fused-ring (bicyclic) bond motifs is 1. The number of hydrazone groups is 1. The Morgan fingerprint density at radius 2 is 1.57 bits per heavy atom. The number of ether oxygens (including phenoxy) is 2. The summed E-state index contributed by atoms with van der Waals surface area (Å²) in [5.41, 5.74) is 7.74. The van der Waals surface area contributed by atoms with E-state index in [2.05, 4.69) is 65.0 Å². The fourth-order valence-corrected chi connectivity index (χ4v) is 3.88. The SMILES string of the molecule is Cc1ccc(Nc2nc(N/N=C/c3cc4c(cc3Br)OCO4)nc(Nc3ccccc3)n2)c(C)c1. The molecule has 1 aliphatic heterocycles. The van der Waals surface area contributed by atoms with E-state index in [1.54, 1.807) is 6.21 Å². The average Bonchev–Trinajstić information content (AvgIpc) is 3.29. The van der Waals surface area contributed by atoms with Crippen molar-refractivity contribution in [1.29, 1.82) is 0 Å². The monoisotopic (exact) mass is 531 g/mol. The van der Waals surface area contributed by atoms with Crippen molar-refractivity contribution < 1.29 is 9.47 Å². The highest BCUT2D eigenvalue weighted by molar-refractivity contribution is 9.10. The van der Waals surface area contributed by atoms with E-state index in [-0.39, 0.29) is 12.7 Å². The van der Waals surface area contributed by atoms with Gasteiger partial charge in [-0.3, -0.25) is 0 Å². The van der Waals surface area contributed by atoms with Crippen LogP contribution in [0.15, 0.2) is 70.2 Å². The molecule has 0 atom stereocenters. The maximum Gasteiger partial charge on any atom is 0.250 e. The van der Waals surface area contributed by atoms with Crippen LogP contribution in [0.4, 0.5) is 29.2 Å². The molecule has 0 amide bonds.